The van der Waals surface area contributed by atoms with Crippen molar-refractivity contribution in [2.75, 3.05) is 5.32 Å². The van der Waals surface area contributed by atoms with Crippen LogP contribution in [0.1, 0.15) is 5.69 Å². The largest absolute Gasteiger partial charge is 0.319 e. The number of rotatable bonds is 3. The van der Waals surface area contributed by atoms with Crippen LogP contribution in [0.15, 0.2) is 42.6 Å². The molecule has 0 spiro atoms. The van der Waals surface area contributed by atoms with Gasteiger partial charge in [0.15, 0.2) is 11.9 Å². The number of hydrogen-bond acceptors (Lipinski definition) is 1. The Morgan fingerprint density at radius 1 is 1.37 bits per heavy atom. The van der Waals surface area contributed by atoms with Crippen LogP contribution >= 0.6 is 11.6 Å². The summed E-state index contributed by atoms with van der Waals surface area (Å²) in [4.78, 5) is 11.9. The molecule has 1 amide bonds. The van der Waals surface area contributed by atoms with E-state index in [1.165, 1.54) is 12.1 Å². The number of benzene rings is 1. The van der Waals surface area contributed by atoms with Gasteiger partial charge in [-0.3, -0.25) is 4.79 Å². The van der Waals surface area contributed by atoms with Gasteiger partial charge in [-0.05, 0) is 18.2 Å². The Bertz CT molecular complexity index is 616. The summed E-state index contributed by atoms with van der Waals surface area (Å²) in [6, 6.07) is 9.53. The van der Waals surface area contributed by atoms with Gasteiger partial charge in [0, 0.05) is 19.1 Å². The van der Waals surface area contributed by atoms with Crippen LogP contribution in [0.4, 0.5) is 10.1 Å². The highest BCUT2D eigenvalue weighted by Gasteiger charge is 2.13. The molecule has 0 bridgehead atoms. The van der Waals surface area contributed by atoms with Gasteiger partial charge in [0.1, 0.15) is 5.82 Å². The fourth-order valence-corrected chi connectivity index (χ4v) is 1.89. The van der Waals surface area contributed by atoms with Crippen molar-refractivity contribution in [2.24, 2.45) is 0 Å². The van der Waals surface area contributed by atoms with Crippen molar-refractivity contribution < 1.29 is 13.8 Å². The summed E-state index contributed by atoms with van der Waals surface area (Å²) >= 11 is 5.85. The molecule has 3 nitrogen and oxygen atoms in total. The number of anilines is 1. The third-order valence-corrected chi connectivity index (χ3v) is 3.00. The molecule has 0 radical (unpaired) electrons. The van der Waals surface area contributed by atoms with Gasteiger partial charge >= 0.3 is 0 Å². The lowest BCUT2D eigenvalue weighted by Crippen LogP contribution is -2.42. The average molecular weight is 280 g/mol. The highest BCUT2D eigenvalue weighted by Crippen LogP contribution is 2.22. The monoisotopic (exact) mass is 279 g/mol. The molecular formula is C14H13ClFN2O+. The Hall–Kier alpha value is -1.94. The fraction of sp³-hybridized carbons (Fsp3) is 0.143. The zero-order chi connectivity index (χ0) is 13.8. The van der Waals surface area contributed by atoms with E-state index in [2.05, 4.69) is 5.32 Å². The van der Waals surface area contributed by atoms with Crippen molar-refractivity contribution in [1.82, 2.24) is 0 Å². The van der Waals surface area contributed by atoms with Gasteiger partial charge in [0.2, 0.25) is 6.54 Å². The van der Waals surface area contributed by atoms with Gasteiger partial charge in [-0.2, -0.15) is 4.57 Å². The van der Waals surface area contributed by atoms with Gasteiger partial charge in [0.05, 0.1) is 10.7 Å². The van der Waals surface area contributed by atoms with Gasteiger partial charge in [-0.25, -0.2) is 4.39 Å². The van der Waals surface area contributed by atoms with Gasteiger partial charge in [-0.1, -0.05) is 17.7 Å². The smallest absolute Gasteiger partial charge is 0.290 e. The molecule has 2 aromatic rings. The lowest BCUT2D eigenvalue weighted by Gasteiger charge is -2.06. The van der Waals surface area contributed by atoms with Crippen molar-refractivity contribution in [3.8, 4) is 0 Å². The summed E-state index contributed by atoms with van der Waals surface area (Å²) in [5.41, 5.74) is 1.38. The number of nitrogens with one attached hydrogen (secondary N) is 1. The van der Waals surface area contributed by atoms with Gasteiger partial charge in [-0.15, -0.1) is 0 Å². The maximum Gasteiger partial charge on any atom is 0.290 e. The maximum atomic E-state index is 12.9. The summed E-state index contributed by atoms with van der Waals surface area (Å²) in [5.74, 6) is -0.649. The predicted octanol–water partition coefficient (Wildman–Crippen LogP) is 2.71. The Labute approximate surface area is 115 Å². The number of aryl methyl sites for hydroxylation is 1. The normalized spacial score (nSPS) is 10.3. The van der Waals surface area contributed by atoms with E-state index in [0.717, 1.165) is 11.8 Å². The fourth-order valence-electron chi connectivity index (χ4n) is 1.67. The average Bonchev–Trinajstić information content (AvgIpc) is 2.36. The first-order valence-electron chi connectivity index (χ1n) is 5.76. The molecule has 0 unspecified atom stereocenters. The zero-order valence-corrected chi connectivity index (χ0v) is 11.1. The van der Waals surface area contributed by atoms with E-state index in [-0.39, 0.29) is 17.5 Å². The molecule has 0 saturated heterocycles. The molecule has 0 aliphatic rings. The minimum atomic E-state index is -0.434. The first-order chi connectivity index (χ1) is 9.06. The predicted molar refractivity (Wildman–Crippen MR) is 71.4 cm³/mol. The maximum absolute atomic E-state index is 12.9. The lowest BCUT2D eigenvalue weighted by molar-refractivity contribution is -0.690. The van der Waals surface area contributed by atoms with Crippen molar-refractivity contribution in [3.05, 3.63) is 59.1 Å². The second-order valence-corrected chi connectivity index (χ2v) is 4.55. The van der Waals surface area contributed by atoms with E-state index >= 15 is 0 Å². The molecule has 2 rings (SSSR count). The molecule has 19 heavy (non-hydrogen) atoms. The Balaban J connectivity index is 2.08. The van der Waals surface area contributed by atoms with Crippen LogP contribution in [0.5, 0.6) is 0 Å². The van der Waals surface area contributed by atoms with Crippen LogP contribution in [0.25, 0.3) is 0 Å². The first kappa shape index (κ1) is 13.5. The molecule has 0 aliphatic heterocycles. The molecule has 0 saturated carbocycles. The molecule has 1 heterocycles. The van der Waals surface area contributed by atoms with Crippen LogP contribution < -0.4 is 9.88 Å². The van der Waals surface area contributed by atoms with Gasteiger partial charge in [0.25, 0.3) is 5.91 Å². The minimum Gasteiger partial charge on any atom is -0.319 e. The molecule has 5 heteroatoms. The summed E-state index contributed by atoms with van der Waals surface area (Å²) in [7, 11) is 0. The van der Waals surface area contributed by atoms with E-state index in [1.54, 1.807) is 0 Å². The summed E-state index contributed by atoms with van der Waals surface area (Å²) in [5, 5.41) is 2.84. The van der Waals surface area contributed by atoms with Crippen molar-refractivity contribution in [3.63, 3.8) is 0 Å². The first-order valence-corrected chi connectivity index (χ1v) is 6.14. The second-order valence-electron chi connectivity index (χ2n) is 4.14. The quantitative estimate of drug-likeness (QED) is 0.861. The number of nitrogens with zero attached hydrogens (tertiary/aromatic N) is 1. The number of aromatic nitrogens is 1. The molecule has 1 N–H and O–H groups in total. The number of carbonyl (C=O) groups is 1. The van der Waals surface area contributed by atoms with E-state index in [4.69, 9.17) is 11.6 Å². The summed E-state index contributed by atoms with van der Waals surface area (Å²) in [6.07, 6.45) is 1.82. The Morgan fingerprint density at radius 3 is 2.84 bits per heavy atom. The molecule has 1 aromatic carbocycles. The zero-order valence-electron chi connectivity index (χ0n) is 10.4. The Kier molecular flexibility index (Phi) is 4.12. The third-order valence-electron chi connectivity index (χ3n) is 2.69. The molecule has 98 valence electrons. The van der Waals surface area contributed by atoms with Crippen molar-refractivity contribution in [2.45, 2.75) is 13.5 Å². The standard InChI is InChI=1S/C14H12ClFN2O/c1-10-4-2-3-7-18(10)9-14(19)17-13-6-5-11(16)8-12(13)15/h2-8H,9H2,1H3/p+1. The van der Waals surface area contributed by atoms with Crippen LogP contribution in [0.2, 0.25) is 5.02 Å². The van der Waals surface area contributed by atoms with Crippen LogP contribution in [-0.4, -0.2) is 5.91 Å². The van der Waals surface area contributed by atoms with E-state index in [0.29, 0.717) is 5.69 Å². The van der Waals surface area contributed by atoms with Crippen LogP contribution in [0.3, 0.4) is 0 Å². The van der Waals surface area contributed by atoms with E-state index in [9.17, 15) is 9.18 Å². The van der Waals surface area contributed by atoms with Crippen LogP contribution in [0, 0.1) is 12.7 Å². The number of hydrogen-bond donors (Lipinski definition) is 1. The molecular weight excluding hydrogens is 267 g/mol. The van der Waals surface area contributed by atoms with Crippen molar-refractivity contribution in [1.29, 1.82) is 0 Å². The van der Waals surface area contributed by atoms with E-state index < -0.39 is 5.82 Å². The SMILES string of the molecule is Cc1cccc[n+]1CC(=O)Nc1ccc(F)cc1Cl. The number of amides is 1. The minimum absolute atomic E-state index is 0.181. The van der Waals surface area contributed by atoms with E-state index in [1.807, 2.05) is 35.9 Å². The molecule has 0 aliphatic carbocycles. The van der Waals surface area contributed by atoms with Crippen molar-refractivity contribution >= 4 is 23.2 Å². The summed E-state index contributed by atoms with van der Waals surface area (Å²) < 4.78 is 14.7. The lowest BCUT2D eigenvalue weighted by atomic mass is 10.3. The molecule has 0 atom stereocenters. The molecule has 1 aromatic heterocycles. The Morgan fingerprint density at radius 2 is 2.16 bits per heavy atom. The number of halogens is 2. The third kappa shape index (κ3) is 3.51. The number of carbonyl (C=O) groups excluding carboxylic acids is 1. The van der Waals surface area contributed by atoms with Gasteiger partial charge < -0.3 is 5.32 Å². The van der Waals surface area contributed by atoms with Crippen LogP contribution in [-0.2, 0) is 11.3 Å². The number of pyridine rings is 1. The highest BCUT2D eigenvalue weighted by atomic mass is 35.5. The topological polar surface area (TPSA) is 33.0 Å². The summed E-state index contributed by atoms with van der Waals surface area (Å²) in [6.45, 7) is 2.10. The second kappa shape index (κ2) is 5.80. The molecule has 0 fully saturated rings. The highest BCUT2D eigenvalue weighted by molar-refractivity contribution is 6.33.